The van der Waals surface area contributed by atoms with E-state index in [0.717, 1.165) is 101 Å². The standard InChI is InChI=1S/C86H72N6O8/c1-87(2)65-26-30-71-77(53-65)99-83-73(28-24-63-16-10-22-75(93)79(63)83)81(71)67-18-5-7-20-69(67)85(95)97-50-12-40-89-42-32-59(33-43-89)61-36-46-91(47-37-61)55-57-14-9-15-58(52-57)56-92-48-38-62(39-49-92)60-34-44-90(45-35-60)41-13-51-98-86(96)70-21-8-6-19-68(70)82-72-31-27-66(88(3)4)54-78(72)100-84-74(82)29-25-64-17-11-23-76(94)80(64)84/h5-11,14-39,42-49,52-54H,12-13,40-41,50-51,55-56H2,1-4H3/q+4/p+2. The number of aromatic hydroxyl groups is 2. The molecule has 2 N–H and O–H groups in total. The topological polar surface area (TPSA) is 141 Å². The molecule has 0 spiro atoms. The Hall–Kier alpha value is -12.4. The van der Waals surface area contributed by atoms with Crippen LogP contribution in [0.4, 0.5) is 0 Å². The molecule has 11 aromatic rings. The molecule has 0 saturated heterocycles. The van der Waals surface area contributed by atoms with Crippen molar-refractivity contribution in [1.29, 1.82) is 0 Å². The highest BCUT2D eigenvalue weighted by Crippen LogP contribution is 2.47. The first-order valence-corrected chi connectivity index (χ1v) is 33.7. The van der Waals surface area contributed by atoms with Gasteiger partial charge in [0.05, 0.1) is 47.2 Å². The predicted octanol–water partition coefficient (Wildman–Crippen LogP) is 13.6. The number of phenols is 2. The molecule has 0 bridgehead atoms. The summed E-state index contributed by atoms with van der Waals surface area (Å²) >= 11 is 0. The second-order valence-electron chi connectivity index (χ2n) is 25.8. The third-order valence-electron chi connectivity index (χ3n) is 18.8. The van der Waals surface area contributed by atoms with Gasteiger partial charge in [0.15, 0.2) is 75.8 Å². The molecule has 15 rings (SSSR count). The van der Waals surface area contributed by atoms with Crippen LogP contribution in [-0.4, -0.2) is 63.6 Å². The summed E-state index contributed by atoms with van der Waals surface area (Å²) < 4.78 is 37.9. The average molecular weight is 1320 g/mol. The van der Waals surface area contributed by atoms with Crippen LogP contribution in [0.1, 0.15) is 44.7 Å². The Morgan fingerprint density at radius 2 is 0.770 bits per heavy atom. The smallest absolute Gasteiger partial charge is 0.338 e. The first kappa shape index (κ1) is 63.6. The number of fused-ring (bicyclic) bond motifs is 8. The van der Waals surface area contributed by atoms with E-state index in [4.69, 9.17) is 18.3 Å². The van der Waals surface area contributed by atoms with Crippen molar-refractivity contribution in [2.24, 2.45) is 0 Å². The van der Waals surface area contributed by atoms with Gasteiger partial charge >= 0.3 is 11.9 Å². The monoisotopic (exact) mass is 1320 g/mol. The van der Waals surface area contributed by atoms with E-state index in [0.29, 0.717) is 70.5 Å². The SMILES string of the molecule is C[N+](C)=c1ccc2c(-c3ccccc3C(=O)OCCC[n+]3ccc(-c4cc[n+](Cc5cccc(C[n+]6ccc(-c7cc[n+](CCCOC(=O)c8ccccc8-c8c9ccc(=[N+](C)C)cc-9oc9c8ccc8cccc(O)c89)cc7)cc6)c5)cc4)cc3)c3ccc4cccc(O)c4c3oc-2c1. The molecule has 7 aromatic carbocycles. The molecule has 0 fully saturated rings. The molecule has 0 radical (unpaired) electrons. The van der Waals surface area contributed by atoms with Crippen LogP contribution in [0.25, 0.3) is 111 Å². The first-order chi connectivity index (χ1) is 48.8. The van der Waals surface area contributed by atoms with Crippen LogP contribution in [0.2, 0.25) is 0 Å². The number of phenolic OH excluding ortho intramolecular Hbond substituents is 2. The Labute approximate surface area is 577 Å². The minimum atomic E-state index is -0.404. The number of rotatable bonds is 18. The fraction of sp³-hybridized carbons (Fsp3) is 0.140. The molecule has 6 heterocycles. The fourth-order valence-corrected chi connectivity index (χ4v) is 13.6. The van der Waals surface area contributed by atoms with Gasteiger partial charge in [0.25, 0.3) is 0 Å². The van der Waals surface area contributed by atoms with Crippen LogP contribution in [0.5, 0.6) is 11.5 Å². The minimum Gasteiger partial charge on any atom is -0.507 e. The van der Waals surface area contributed by atoms with Crippen LogP contribution >= 0.6 is 0 Å². The number of esters is 2. The number of carbonyl (C=O) groups is 2. The highest BCUT2D eigenvalue weighted by molar-refractivity contribution is 6.17. The van der Waals surface area contributed by atoms with Crippen molar-refractivity contribution in [3.05, 3.63) is 301 Å². The summed E-state index contributed by atoms with van der Waals surface area (Å²) in [5, 5.41) is 28.6. The van der Waals surface area contributed by atoms with Crippen molar-refractivity contribution >= 4 is 55.4 Å². The van der Waals surface area contributed by atoms with E-state index in [-0.39, 0.29) is 24.7 Å². The highest BCUT2D eigenvalue weighted by atomic mass is 16.5. The summed E-state index contributed by atoms with van der Waals surface area (Å²) in [6.45, 7) is 3.30. The van der Waals surface area contributed by atoms with E-state index in [2.05, 4.69) is 141 Å². The Balaban J connectivity index is 0.529. The third kappa shape index (κ3) is 12.9. The average Bonchev–Trinajstić information content (AvgIpc) is 0.739. The molecule has 100 heavy (non-hydrogen) atoms. The lowest BCUT2D eigenvalue weighted by Crippen LogP contribution is -2.34. The predicted molar refractivity (Wildman–Crippen MR) is 388 cm³/mol. The van der Waals surface area contributed by atoms with Crippen molar-refractivity contribution in [2.45, 2.75) is 39.0 Å². The van der Waals surface area contributed by atoms with Crippen LogP contribution in [0, 0.1) is 0 Å². The summed E-state index contributed by atoms with van der Waals surface area (Å²) in [5.74, 6) is 0.717. The summed E-state index contributed by atoms with van der Waals surface area (Å²) in [6.07, 6.45) is 18.0. The van der Waals surface area contributed by atoms with Gasteiger partial charge < -0.3 is 28.5 Å². The van der Waals surface area contributed by atoms with Gasteiger partial charge in [-0.25, -0.2) is 37.0 Å². The lowest BCUT2D eigenvalue weighted by molar-refractivity contribution is -0.697. The normalized spacial score (nSPS) is 11.5. The zero-order valence-corrected chi connectivity index (χ0v) is 56.1. The summed E-state index contributed by atoms with van der Waals surface area (Å²) in [4.78, 5) is 28.0. The molecule has 0 unspecified atom stereocenters. The maximum Gasteiger partial charge on any atom is 0.338 e. The van der Waals surface area contributed by atoms with E-state index in [9.17, 15) is 19.8 Å². The van der Waals surface area contributed by atoms with Gasteiger partial charge in [-0.3, -0.25) is 0 Å². The summed E-state index contributed by atoms with van der Waals surface area (Å²) in [7, 11) is 7.92. The van der Waals surface area contributed by atoms with Gasteiger partial charge in [0, 0.05) is 118 Å². The Morgan fingerprint density at radius 1 is 0.390 bits per heavy atom. The number of aromatic nitrogens is 4. The number of hydrogen-bond donors (Lipinski definition) is 2. The molecular weight excluding hydrogens is 1240 g/mol. The largest absolute Gasteiger partial charge is 0.507 e. The van der Waals surface area contributed by atoms with Gasteiger partial charge in [0.1, 0.15) is 62.4 Å². The van der Waals surface area contributed by atoms with E-state index in [1.54, 1.807) is 12.1 Å². The Morgan fingerprint density at radius 3 is 1.17 bits per heavy atom. The van der Waals surface area contributed by atoms with Gasteiger partial charge in [0.2, 0.25) is 10.7 Å². The number of pyridine rings is 4. The number of aryl methyl sites for hydroxylation is 2. The molecule has 0 amide bonds. The molecule has 490 valence electrons. The molecule has 14 heteroatoms. The second kappa shape index (κ2) is 27.6. The number of hydrogen-bond acceptors (Lipinski definition) is 8. The maximum atomic E-state index is 14.0. The van der Waals surface area contributed by atoms with E-state index in [1.165, 1.54) is 11.1 Å². The maximum absolute atomic E-state index is 14.0. The molecule has 0 atom stereocenters. The molecule has 2 aliphatic carbocycles. The third-order valence-corrected chi connectivity index (χ3v) is 18.8. The van der Waals surface area contributed by atoms with Gasteiger partial charge in [-0.15, -0.1) is 0 Å². The van der Waals surface area contributed by atoms with Crippen molar-refractivity contribution in [3.8, 4) is 78.7 Å². The van der Waals surface area contributed by atoms with Crippen LogP contribution in [0.15, 0.2) is 277 Å². The van der Waals surface area contributed by atoms with Crippen LogP contribution < -0.4 is 38.1 Å². The fourth-order valence-electron chi connectivity index (χ4n) is 13.6. The van der Waals surface area contributed by atoms with Crippen molar-refractivity contribution in [1.82, 2.24) is 9.15 Å². The summed E-state index contributed by atoms with van der Waals surface area (Å²) in [6, 6.07) is 71.8. The zero-order chi connectivity index (χ0) is 68.4. The van der Waals surface area contributed by atoms with E-state index in [1.807, 2.05) is 171 Å². The molecule has 14 nitrogen and oxygen atoms in total. The number of ether oxygens (including phenoxy) is 2. The number of nitrogens with zero attached hydrogens (tertiary/aromatic N) is 6. The minimum absolute atomic E-state index is 0.124. The first-order valence-electron chi connectivity index (χ1n) is 33.7. The molecular formula is C86H74N6O8+6. The summed E-state index contributed by atoms with van der Waals surface area (Å²) in [5.41, 5.74) is 13.7. The number of benzene rings is 9. The van der Waals surface area contributed by atoms with Gasteiger partial charge in [-0.2, -0.15) is 0 Å². The molecule has 4 aliphatic rings. The lowest BCUT2D eigenvalue weighted by Gasteiger charge is -2.18. The van der Waals surface area contributed by atoms with Crippen molar-refractivity contribution in [3.63, 3.8) is 0 Å². The lowest BCUT2D eigenvalue weighted by atomic mass is 9.89. The quantitative estimate of drug-likeness (QED) is 0.0284. The van der Waals surface area contributed by atoms with Crippen LogP contribution in [-0.2, 0) is 35.7 Å². The highest BCUT2D eigenvalue weighted by Gasteiger charge is 2.27. The van der Waals surface area contributed by atoms with Crippen molar-refractivity contribution in [2.75, 3.05) is 41.4 Å². The zero-order valence-electron chi connectivity index (χ0n) is 56.1. The molecule has 0 saturated carbocycles. The molecule has 2 aliphatic heterocycles. The Bertz CT molecular complexity index is 5370. The van der Waals surface area contributed by atoms with Crippen LogP contribution in [0.3, 0.4) is 0 Å². The Kier molecular flexibility index (Phi) is 17.6. The van der Waals surface area contributed by atoms with Crippen molar-refractivity contribution < 1.29 is 56.4 Å². The van der Waals surface area contributed by atoms with Gasteiger partial charge in [-0.05, 0) is 98.8 Å². The second-order valence-corrected chi connectivity index (χ2v) is 25.8. The number of carbonyl (C=O) groups excluding carboxylic acids is 2. The molecule has 4 aromatic heterocycles. The van der Waals surface area contributed by atoms with Gasteiger partial charge in [-0.1, -0.05) is 91.0 Å². The van der Waals surface area contributed by atoms with E-state index >= 15 is 0 Å². The van der Waals surface area contributed by atoms with E-state index < -0.39 is 11.9 Å².